The molecule has 27 heavy (non-hydrogen) atoms. The minimum absolute atomic E-state index is 0.0429. The van der Waals surface area contributed by atoms with E-state index in [1.807, 2.05) is 60.7 Å². The van der Waals surface area contributed by atoms with Crippen molar-refractivity contribution in [3.63, 3.8) is 0 Å². The monoisotopic (exact) mass is 376 g/mol. The highest BCUT2D eigenvalue weighted by atomic mass is 19.4. The summed E-state index contributed by atoms with van der Waals surface area (Å²) < 4.78 is 38.9. The SMILES string of the molecule is CC(C)N(C(=O)C(F)(F)F)C1CN(C(c2ccccc2)c2ccccc2)C1. The van der Waals surface area contributed by atoms with Crippen molar-refractivity contribution in [2.45, 2.75) is 38.1 Å². The molecule has 1 amide bonds. The zero-order valence-corrected chi connectivity index (χ0v) is 15.4. The average Bonchev–Trinajstić information content (AvgIpc) is 2.60. The Hall–Kier alpha value is -2.34. The Morgan fingerprint density at radius 1 is 0.963 bits per heavy atom. The van der Waals surface area contributed by atoms with Crippen molar-refractivity contribution < 1.29 is 18.0 Å². The second-order valence-electron chi connectivity index (χ2n) is 7.14. The third-order valence-electron chi connectivity index (χ3n) is 4.91. The molecule has 1 aliphatic heterocycles. The van der Waals surface area contributed by atoms with Gasteiger partial charge in [-0.05, 0) is 25.0 Å². The molecule has 0 spiro atoms. The van der Waals surface area contributed by atoms with E-state index in [1.54, 1.807) is 13.8 Å². The molecule has 0 N–H and O–H groups in total. The topological polar surface area (TPSA) is 23.6 Å². The molecular formula is C21H23F3N2O. The summed E-state index contributed by atoms with van der Waals surface area (Å²) in [5.41, 5.74) is 2.17. The first-order valence-electron chi connectivity index (χ1n) is 9.02. The number of alkyl halides is 3. The first-order chi connectivity index (χ1) is 12.8. The van der Waals surface area contributed by atoms with Crippen LogP contribution in [0.15, 0.2) is 60.7 Å². The number of nitrogens with zero attached hydrogens (tertiary/aromatic N) is 2. The summed E-state index contributed by atoms with van der Waals surface area (Å²) in [4.78, 5) is 14.9. The molecule has 2 aromatic rings. The van der Waals surface area contributed by atoms with Crippen LogP contribution >= 0.6 is 0 Å². The van der Waals surface area contributed by atoms with E-state index in [9.17, 15) is 18.0 Å². The largest absolute Gasteiger partial charge is 0.471 e. The van der Waals surface area contributed by atoms with Crippen LogP contribution in [0.2, 0.25) is 0 Å². The van der Waals surface area contributed by atoms with Crippen LogP contribution in [-0.4, -0.2) is 47.1 Å². The Bertz CT molecular complexity index is 717. The standard InChI is InChI=1S/C21H23F3N2O/c1-15(2)26(20(27)21(22,23)24)18-13-25(14-18)19(16-9-5-3-6-10-16)17-11-7-4-8-12-17/h3-12,15,18-19H,13-14H2,1-2H3. The van der Waals surface area contributed by atoms with Gasteiger partial charge >= 0.3 is 12.1 Å². The van der Waals surface area contributed by atoms with Gasteiger partial charge in [-0.3, -0.25) is 9.69 Å². The van der Waals surface area contributed by atoms with Crippen molar-refractivity contribution in [2.75, 3.05) is 13.1 Å². The molecule has 1 heterocycles. The van der Waals surface area contributed by atoms with E-state index in [2.05, 4.69) is 4.90 Å². The van der Waals surface area contributed by atoms with Gasteiger partial charge in [0.05, 0.1) is 12.1 Å². The van der Waals surface area contributed by atoms with Gasteiger partial charge in [0.25, 0.3) is 0 Å². The first-order valence-corrected chi connectivity index (χ1v) is 9.02. The van der Waals surface area contributed by atoms with E-state index in [-0.39, 0.29) is 6.04 Å². The summed E-state index contributed by atoms with van der Waals surface area (Å²) >= 11 is 0. The van der Waals surface area contributed by atoms with Crippen LogP contribution in [0, 0.1) is 0 Å². The molecule has 0 radical (unpaired) electrons. The van der Waals surface area contributed by atoms with Gasteiger partial charge in [-0.1, -0.05) is 60.7 Å². The molecule has 1 fully saturated rings. The molecule has 0 atom stereocenters. The van der Waals surface area contributed by atoms with E-state index in [1.165, 1.54) is 0 Å². The predicted molar refractivity (Wildman–Crippen MR) is 98.1 cm³/mol. The molecule has 1 saturated heterocycles. The molecule has 0 aliphatic carbocycles. The van der Waals surface area contributed by atoms with Crippen molar-refractivity contribution in [1.82, 2.24) is 9.80 Å². The number of rotatable bonds is 5. The van der Waals surface area contributed by atoms with Gasteiger partial charge in [0.2, 0.25) is 0 Å². The van der Waals surface area contributed by atoms with Gasteiger partial charge in [-0.15, -0.1) is 0 Å². The summed E-state index contributed by atoms with van der Waals surface area (Å²) in [7, 11) is 0. The number of likely N-dealkylation sites (tertiary alicyclic amines) is 1. The zero-order chi connectivity index (χ0) is 19.6. The molecule has 0 saturated carbocycles. The van der Waals surface area contributed by atoms with Crippen LogP contribution in [0.25, 0.3) is 0 Å². The lowest BCUT2D eigenvalue weighted by Crippen LogP contribution is -2.64. The molecular weight excluding hydrogens is 353 g/mol. The second-order valence-corrected chi connectivity index (χ2v) is 7.14. The first kappa shape index (κ1) is 19.4. The highest BCUT2D eigenvalue weighted by Crippen LogP contribution is 2.35. The summed E-state index contributed by atoms with van der Waals surface area (Å²) in [6.45, 7) is 4.07. The minimum Gasteiger partial charge on any atom is -0.327 e. The van der Waals surface area contributed by atoms with Gasteiger partial charge in [0, 0.05) is 19.1 Å². The Labute approximate surface area is 157 Å². The number of amides is 1. The Morgan fingerprint density at radius 2 is 1.41 bits per heavy atom. The number of hydrogen-bond donors (Lipinski definition) is 0. The van der Waals surface area contributed by atoms with Crippen molar-refractivity contribution >= 4 is 5.91 Å². The van der Waals surface area contributed by atoms with Gasteiger partial charge in [0.1, 0.15) is 0 Å². The number of carbonyl (C=O) groups is 1. The fourth-order valence-corrected chi connectivity index (χ4v) is 3.73. The van der Waals surface area contributed by atoms with E-state index >= 15 is 0 Å². The van der Waals surface area contributed by atoms with Gasteiger partial charge < -0.3 is 4.90 Å². The minimum atomic E-state index is -4.84. The Morgan fingerprint density at radius 3 is 1.78 bits per heavy atom. The lowest BCUT2D eigenvalue weighted by molar-refractivity contribution is -0.193. The fourth-order valence-electron chi connectivity index (χ4n) is 3.73. The predicted octanol–water partition coefficient (Wildman–Crippen LogP) is 4.26. The van der Waals surface area contributed by atoms with Crippen LogP contribution in [-0.2, 0) is 4.79 Å². The molecule has 3 nitrogen and oxygen atoms in total. The van der Waals surface area contributed by atoms with Crippen molar-refractivity contribution in [2.24, 2.45) is 0 Å². The highest BCUT2D eigenvalue weighted by molar-refractivity contribution is 5.82. The number of benzene rings is 2. The smallest absolute Gasteiger partial charge is 0.327 e. The summed E-state index contributed by atoms with van der Waals surface area (Å²) in [6, 6.07) is 18.8. The molecule has 0 bridgehead atoms. The van der Waals surface area contributed by atoms with E-state index in [4.69, 9.17) is 0 Å². The average molecular weight is 376 g/mol. The molecule has 0 unspecified atom stereocenters. The third-order valence-corrected chi connectivity index (χ3v) is 4.91. The lowest BCUT2D eigenvalue weighted by atomic mass is 9.92. The van der Waals surface area contributed by atoms with Gasteiger partial charge in [-0.2, -0.15) is 13.2 Å². The van der Waals surface area contributed by atoms with Crippen molar-refractivity contribution in [3.8, 4) is 0 Å². The summed E-state index contributed by atoms with van der Waals surface area (Å²) in [5.74, 6) is -1.75. The summed E-state index contributed by atoms with van der Waals surface area (Å²) in [6.07, 6.45) is -4.84. The third kappa shape index (κ3) is 4.16. The van der Waals surface area contributed by atoms with Gasteiger partial charge in [0.15, 0.2) is 0 Å². The van der Waals surface area contributed by atoms with Crippen LogP contribution in [0.1, 0.15) is 31.0 Å². The van der Waals surface area contributed by atoms with E-state index in [0.29, 0.717) is 13.1 Å². The Kier molecular flexibility index (Phi) is 5.56. The van der Waals surface area contributed by atoms with Crippen molar-refractivity contribution in [1.29, 1.82) is 0 Å². The molecule has 6 heteroatoms. The molecule has 2 aromatic carbocycles. The highest BCUT2D eigenvalue weighted by Gasteiger charge is 2.48. The van der Waals surface area contributed by atoms with Crippen LogP contribution < -0.4 is 0 Å². The maximum atomic E-state index is 13.0. The summed E-state index contributed by atoms with van der Waals surface area (Å²) in [5, 5.41) is 0. The normalized spacial score (nSPS) is 15.8. The molecule has 0 aromatic heterocycles. The lowest BCUT2D eigenvalue weighted by Gasteiger charge is -2.50. The second kappa shape index (κ2) is 7.72. The van der Waals surface area contributed by atoms with Crippen LogP contribution in [0.5, 0.6) is 0 Å². The number of carbonyl (C=O) groups excluding carboxylic acids is 1. The fraction of sp³-hybridized carbons (Fsp3) is 0.381. The Balaban J connectivity index is 1.81. The quantitative estimate of drug-likeness (QED) is 0.779. The zero-order valence-electron chi connectivity index (χ0n) is 15.4. The molecule has 1 aliphatic rings. The maximum Gasteiger partial charge on any atom is 0.471 e. The van der Waals surface area contributed by atoms with Gasteiger partial charge in [-0.25, -0.2) is 0 Å². The van der Waals surface area contributed by atoms with Crippen molar-refractivity contribution in [3.05, 3.63) is 71.8 Å². The molecule has 3 rings (SSSR count). The van der Waals surface area contributed by atoms with E-state index < -0.39 is 24.2 Å². The van der Waals surface area contributed by atoms with Crippen LogP contribution in [0.3, 0.4) is 0 Å². The van der Waals surface area contributed by atoms with Crippen LogP contribution in [0.4, 0.5) is 13.2 Å². The number of hydrogen-bond acceptors (Lipinski definition) is 2. The molecule has 144 valence electrons. The van der Waals surface area contributed by atoms with E-state index in [0.717, 1.165) is 16.0 Å². The maximum absolute atomic E-state index is 13.0. The number of halogens is 3.